The zero-order valence-corrected chi connectivity index (χ0v) is 11.0. The lowest BCUT2D eigenvalue weighted by Crippen LogP contribution is -2.37. The molecule has 0 radical (unpaired) electrons. The molecule has 0 fully saturated rings. The highest BCUT2D eigenvalue weighted by atomic mass is 35.5. The highest BCUT2D eigenvalue weighted by Crippen LogP contribution is 2.14. The van der Waals surface area contributed by atoms with Gasteiger partial charge in [-0.15, -0.1) is 0 Å². The van der Waals surface area contributed by atoms with E-state index < -0.39 is 0 Å². The van der Waals surface area contributed by atoms with Crippen LogP contribution in [0, 0.1) is 0 Å². The summed E-state index contributed by atoms with van der Waals surface area (Å²) in [6.07, 6.45) is 0.722. The van der Waals surface area contributed by atoms with Crippen LogP contribution in [0.15, 0.2) is 12.1 Å². The highest BCUT2D eigenvalue weighted by molar-refractivity contribution is 6.29. The van der Waals surface area contributed by atoms with Crippen LogP contribution >= 0.6 is 11.6 Å². The fourth-order valence-corrected chi connectivity index (χ4v) is 1.61. The largest absolute Gasteiger partial charge is 0.394 e. The summed E-state index contributed by atoms with van der Waals surface area (Å²) >= 11 is 5.86. The number of aliphatic hydroxyl groups excluding tert-OH is 1. The fraction of sp³-hybridized carbons (Fsp3) is 0.500. The Bertz CT molecular complexity index is 409. The molecule has 1 heterocycles. The van der Waals surface area contributed by atoms with E-state index in [9.17, 15) is 4.79 Å². The number of rotatable bonds is 4. The lowest BCUT2D eigenvalue weighted by Gasteiger charge is -2.23. The van der Waals surface area contributed by atoms with Gasteiger partial charge >= 0.3 is 0 Å². The number of halogens is 1. The monoisotopic (exact) mass is 256 g/mol. The molecule has 1 rings (SSSR count). The minimum absolute atomic E-state index is 0.0678. The van der Waals surface area contributed by atoms with Crippen molar-refractivity contribution in [3.8, 4) is 0 Å². The van der Waals surface area contributed by atoms with Crippen molar-refractivity contribution in [2.24, 2.45) is 0 Å². The topological polar surface area (TPSA) is 53.4 Å². The predicted molar refractivity (Wildman–Crippen MR) is 67.3 cm³/mol. The lowest BCUT2D eigenvalue weighted by atomic mass is 10.1. The van der Waals surface area contributed by atoms with E-state index in [4.69, 9.17) is 16.7 Å². The summed E-state index contributed by atoms with van der Waals surface area (Å²) in [7, 11) is 1.66. The molecule has 0 aliphatic carbocycles. The van der Waals surface area contributed by atoms with Crippen LogP contribution in [-0.2, 0) is 6.42 Å². The van der Waals surface area contributed by atoms with Gasteiger partial charge in [-0.1, -0.05) is 18.5 Å². The predicted octanol–water partition coefficient (Wildman–Crippen LogP) is 1.75. The molecule has 0 spiro atoms. The smallest absolute Gasteiger partial charge is 0.254 e. The van der Waals surface area contributed by atoms with Crippen LogP contribution in [0.3, 0.4) is 0 Å². The second kappa shape index (κ2) is 5.98. The molecule has 17 heavy (non-hydrogen) atoms. The molecular weight excluding hydrogens is 240 g/mol. The van der Waals surface area contributed by atoms with Crippen molar-refractivity contribution in [1.82, 2.24) is 9.88 Å². The second-order valence-corrected chi connectivity index (χ2v) is 4.36. The van der Waals surface area contributed by atoms with Crippen molar-refractivity contribution in [2.45, 2.75) is 26.3 Å². The number of aryl methyl sites for hydroxylation is 1. The summed E-state index contributed by atoms with van der Waals surface area (Å²) in [4.78, 5) is 17.7. The second-order valence-electron chi connectivity index (χ2n) is 3.97. The zero-order valence-electron chi connectivity index (χ0n) is 10.3. The maximum Gasteiger partial charge on any atom is 0.254 e. The van der Waals surface area contributed by atoms with Crippen LogP contribution in [-0.4, -0.2) is 40.6 Å². The molecule has 4 nitrogen and oxygen atoms in total. The van der Waals surface area contributed by atoms with Crippen molar-refractivity contribution >= 4 is 17.5 Å². The summed E-state index contributed by atoms with van der Waals surface area (Å²) in [6.45, 7) is 3.66. The minimum Gasteiger partial charge on any atom is -0.394 e. The number of aromatic nitrogens is 1. The number of carbonyl (C=O) groups excluding carboxylic acids is 1. The molecule has 0 bridgehead atoms. The van der Waals surface area contributed by atoms with Gasteiger partial charge in [0.25, 0.3) is 5.91 Å². The number of hydrogen-bond acceptors (Lipinski definition) is 3. The fourth-order valence-electron chi connectivity index (χ4n) is 1.38. The molecule has 0 aromatic carbocycles. The molecule has 0 aliphatic heterocycles. The molecule has 1 aromatic heterocycles. The molecule has 0 saturated carbocycles. The Morgan fingerprint density at radius 1 is 1.59 bits per heavy atom. The summed E-state index contributed by atoms with van der Waals surface area (Å²) < 4.78 is 0. The van der Waals surface area contributed by atoms with E-state index in [1.54, 1.807) is 26.1 Å². The van der Waals surface area contributed by atoms with Gasteiger partial charge < -0.3 is 10.0 Å². The molecule has 0 saturated heterocycles. The third-order valence-electron chi connectivity index (χ3n) is 2.70. The quantitative estimate of drug-likeness (QED) is 0.835. The number of pyridine rings is 1. The van der Waals surface area contributed by atoms with Crippen LogP contribution < -0.4 is 0 Å². The maximum absolute atomic E-state index is 12.1. The van der Waals surface area contributed by atoms with Crippen molar-refractivity contribution in [2.75, 3.05) is 13.7 Å². The Hall–Kier alpha value is -1.13. The van der Waals surface area contributed by atoms with Crippen molar-refractivity contribution in [1.29, 1.82) is 0 Å². The Balaban J connectivity index is 2.99. The average Bonchev–Trinajstić information content (AvgIpc) is 2.35. The molecule has 94 valence electrons. The SMILES string of the molecule is CCc1cc(C(=O)N(C)C(C)CO)cc(Cl)n1. The van der Waals surface area contributed by atoms with E-state index in [1.165, 1.54) is 4.90 Å². The first-order valence-corrected chi connectivity index (χ1v) is 5.91. The molecule has 1 amide bonds. The van der Waals surface area contributed by atoms with Crippen LogP contribution in [0.25, 0.3) is 0 Å². The van der Waals surface area contributed by atoms with Crippen molar-refractivity contribution in [3.05, 3.63) is 28.5 Å². The van der Waals surface area contributed by atoms with Gasteiger partial charge in [0, 0.05) is 18.3 Å². The number of nitrogens with zero attached hydrogens (tertiary/aromatic N) is 2. The van der Waals surface area contributed by atoms with Gasteiger partial charge in [0.15, 0.2) is 0 Å². The van der Waals surface area contributed by atoms with Gasteiger partial charge in [-0.25, -0.2) is 4.98 Å². The van der Waals surface area contributed by atoms with E-state index in [0.717, 1.165) is 12.1 Å². The summed E-state index contributed by atoms with van der Waals surface area (Å²) in [5.74, 6) is -0.162. The molecule has 1 unspecified atom stereocenters. The third-order valence-corrected chi connectivity index (χ3v) is 2.90. The summed E-state index contributed by atoms with van der Waals surface area (Å²) in [5.41, 5.74) is 1.29. The van der Waals surface area contributed by atoms with Crippen LogP contribution in [0.1, 0.15) is 29.9 Å². The van der Waals surface area contributed by atoms with Crippen LogP contribution in [0.5, 0.6) is 0 Å². The summed E-state index contributed by atoms with van der Waals surface area (Å²) in [5, 5.41) is 9.34. The van der Waals surface area contributed by atoms with Gasteiger partial charge in [-0.05, 0) is 25.5 Å². The van der Waals surface area contributed by atoms with E-state index in [2.05, 4.69) is 4.98 Å². The third kappa shape index (κ3) is 3.41. The van der Waals surface area contributed by atoms with E-state index in [1.807, 2.05) is 6.92 Å². The van der Waals surface area contributed by atoms with Gasteiger partial charge in [-0.3, -0.25) is 4.79 Å². The Morgan fingerprint density at radius 3 is 2.76 bits per heavy atom. The first kappa shape index (κ1) is 13.9. The molecule has 1 aromatic rings. The van der Waals surface area contributed by atoms with Crippen LogP contribution in [0.2, 0.25) is 5.15 Å². The first-order valence-electron chi connectivity index (χ1n) is 5.54. The Morgan fingerprint density at radius 2 is 2.24 bits per heavy atom. The van der Waals surface area contributed by atoms with E-state index in [-0.39, 0.29) is 18.6 Å². The van der Waals surface area contributed by atoms with Crippen molar-refractivity contribution < 1.29 is 9.90 Å². The number of amides is 1. The van der Waals surface area contributed by atoms with E-state index in [0.29, 0.717) is 10.7 Å². The van der Waals surface area contributed by atoms with E-state index >= 15 is 0 Å². The number of carbonyl (C=O) groups is 1. The van der Waals surface area contributed by atoms with Crippen LogP contribution in [0.4, 0.5) is 0 Å². The molecule has 5 heteroatoms. The summed E-state index contributed by atoms with van der Waals surface area (Å²) in [6, 6.07) is 3.05. The van der Waals surface area contributed by atoms with Crippen molar-refractivity contribution in [3.63, 3.8) is 0 Å². The standard InChI is InChI=1S/C12H17ClN2O2/c1-4-10-5-9(6-11(13)14-10)12(17)15(3)8(2)7-16/h5-6,8,16H,4,7H2,1-3H3. The highest BCUT2D eigenvalue weighted by Gasteiger charge is 2.17. The molecule has 1 N–H and O–H groups in total. The molecular formula is C12H17ClN2O2. The van der Waals surface area contributed by atoms with Gasteiger partial charge in [0.05, 0.1) is 12.6 Å². The lowest BCUT2D eigenvalue weighted by molar-refractivity contribution is 0.0682. The maximum atomic E-state index is 12.1. The van der Waals surface area contributed by atoms with Gasteiger partial charge in [-0.2, -0.15) is 0 Å². The first-order chi connectivity index (χ1) is 7.99. The average molecular weight is 257 g/mol. The number of aliphatic hydroxyl groups is 1. The molecule has 0 aliphatic rings. The van der Waals surface area contributed by atoms with Gasteiger partial charge in [0.2, 0.25) is 0 Å². The zero-order chi connectivity index (χ0) is 13.0. The van der Waals surface area contributed by atoms with Gasteiger partial charge in [0.1, 0.15) is 5.15 Å². The Labute approximate surface area is 106 Å². The Kier molecular flexibility index (Phi) is 4.90. The normalized spacial score (nSPS) is 12.3. The number of hydrogen-bond donors (Lipinski definition) is 1. The minimum atomic E-state index is -0.223. The molecule has 1 atom stereocenters. The number of likely N-dealkylation sites (N-methyl/N-ethyl adjacent to an activating group) is 1.